The molecule has 1 aromatic heterocycles. The van der Waals surface area contributed by atoms with E-state index in [2.05, 4.69) is 0 Å². The number of fused-ring (bicyclic) bond motifs is 1. The van der Waals surface area contributed by atoms with Gasteiger partial charge in [-0.2, -0.15) is 5.26 Å². The molecular formula is C21H16NNaO8. The van der Waals surface area contributed by atoms with Crippen molar-refractivity contribution in [1.82, 2.24) is 0 Å². The van der Waals surface area contributed by atoms with Crippen LogP contribution in [0.2, 0.25) is 0 Å². The summed E-state index contributed by atoms with van der Waals surface area (Å²) in [6, 6.07) is 11.9. The number of hydrogen-bond donors (Lipinski definition) is 1. The number of carbonyl (C=O) groups is 1. The van der Waals surface area contributed by atoms with E-state index in [4.69, 9.17) is 23.9 Å². The van der Waals surface area contributed by atoms with Crippen molar-refractivity contribution >= 4 is 16.9 Å². The molecule has 1 N–H and O–H groups in total. The molecule has 1 unspecified atom stereocenters. The Morgan fingerprint density at radius 3 is 2.61 bits per heavy atom. The third-order valence-electron chi connectivity index (χ3n) is 4.08. The van der Waals surface area contributed by atoms with Crippen LogP contribution in [0.5, 0.6) is 17.2 Å². The standard InChI is InChI=1S/C21H17NO8.Na/c1-27-18-7-14(6-5-12(18)9-22)28-10-13(23)11-29-16-3-2-4-17-20(16)15(24)8-19(30-17)21(25)26;/h2-8,13,23H,10-11H2,1H3,(H,25,26);/q;+1/p-1. The molecule has 3 aromatic rings. The van der Waals surface area contributed by atoms with Crippen LogP contribution in [0.25, 0.3) is 11.0 Å². The number of ether oxygens (including phenoxy) is 3. The maximum absolute atomic E-state index is 12.2. The number of aliphatic hydroxyl groups is 1. The molecule has 0 aliphatic carbocycles. The second kappa shape index (κ2) is 10.8. The maximum atomic E-state index is 12.2. The van der Waals surface area contributed by atoms with Crippen LogP contribution in [0.1, 0.15) is 16.1 Å². The molecular weight excluding hydrogens is 417 g/mol. The molecule has 0 aliphatic rings. The van der Waals surface area contributed by atoms with E-state index in [0.29, 0.717) is 17.1 Å². The zero-order valence-electron chi connectivity index (χ0n) is 16.8. The molecule has 31 heavy (non-hydrogen) atoms. The fraction of sp³-hybridized carbons (Fsp3) is 0.190. The summed E-state index contributed by atoms with van der Waals surface area (Å²) in [4.78, 5) is 23.2. The zero-order chi connectivity index (χ0) is 21.7. The first-order valence-corrected chi connectivity index (χ1v) is 8.73. The average Bonchev–Trinajstić information content (AvgIpc) is 2.75. The van der Waals surface area contributed by atoms with Gasteiger partial charge in [-0.15, -0.1) is 0 Å². The van der Waals surface area contributed by atoms with Crippen LogP contribution in [-0.4, -0.2) is 37.5 Å². The van der Waals surface area contributed by atoms with Gasteiger partial charge < -0.3 is 33.6 Å². The Bertz CT molecular complexity index is 1180. The number of nitriles is 1. The molecule has 1 atom stereocenters. The quantitative estimate of drug-likeness (QED) is 0.394. The van der Waals surface area contributed by atoms with Crippen LogP contribution < -0.4 is 54.3 Å². The van der Waals surface area contributed by atoms with E-state index >= 15 is 0 Å². The van der Waals surface area contributed by atoms with Gasteiger partial charge in [0.15, 0.2) is 11.2 Å². The summed E-state index contributed by atoms with van der Waals surface area (Å²) in [5, 5.41) is 30.1. The molecule has 0 saturated heterocycles. The number of carboxylic acids is 1. The van der Waals surface area contributed by atoms with Gasteiger partial charge in [-0.1, -0.05) is 6.07 Å². The first kappa shape index (κ1) is 24.2. The summed E-state index contributed by atoms with van der Waals surface area (Å²) in [5.41, 5.74) is -0.235. The minimum absolute atomic E-state index is 0. The first-order chi connectivity index (χ1) is 14.4. The van der Waals surface area contributed by atoms with Gasteiger partial charge in [-0.05, 0) is 24.3 Å². The number of rotatable bonds is 8. The van der Waals surface area contributed by atoms with Gasteiger partial charge >= 0.3 is 29.6 Å². The third-order valence-corrected chi connectivity index (χ3v) is 4.08. The zero-order valence-corrected chi connectivity index (χ0v) is 18.8. The fourth-order valence-corrected chi connectivity index (χ4v) is 2.68. The number of methoxy groups -OCH3 is 1. The van der Waals surface area contributed by atoms with Crippen LogP contribution in [-0.2, 0) is 0 Å². The summed E-state index contributed by atoms with van der Waals surface area (Å²) in [6.07, 6.45) is -1.04. The molecule has 0 saturated carbocycles. The van der Waals surface area contributed by atoms with Crippen LogP contribution in [0.15, 0.2) is 51.7 Å². The topological polar surface area (TPSA) is 142 Å². The van der Waals surface area contributed by atoms with E-state index in [0.717, 1.165) is 6.07 Å². The monoisotopic (exact) mass is 433 g/mol. The number of hydrogen-bond acceptors (Lipinski definition) is 9. The second-order valence-corrected chi connectivity index (χ2v) is 6.14. The Labute approximate surface area is 198 Å². The predicted octanol–water partition coefficient (Wildman–Crippen LogP) is -2.14. The van der Waals surface area contributed by atoms with Crippen molar-refractivity contribution in [3.05, 3.63) is 64.0 Å². The molecule has 154 valence electrons. The van der Waals surface area contributed by atoms with Gasteiger partial charge in [0.1, 0.15) is 59.6 Å². The van der Waals surface area contributed by atoms with E-state index in [1.165, 1.54) is 37.4 Å². The Morgan fingerprint density at radius 1 is 1.19 bits per heavy atom. The molecule has 9 nitrogen and oxygen atoms in total. The second-order valence-electron chi connectivity index (χ2n) is 6.14. The van der Waals surface area contributed by atoms with Crippen molar-refractivity contribution in [1.29, 1.82) is 5.26 Å². The number of carboxylic acid groups (broad SMARTS) is 1. The number of aliphatic hydroxyl groups excluding tert-OH is 1. The van der Waals surface area contributed by atoms with E-state index < -0.39 is 23.3 Å². The Kier molecular flexibility index (Phi) is 8.47. The molecule has 0 radical (unpaired) electrons. The molecule has 0 fully saturated rings. The van der Waals surface area contributed by atoms with Gasteiger partial charge in [0, 0.05) is 12.1 Å². The molecule has 3 rings (SSSR count). The van der Waals surface area contributed by atoms with Gasteiger partial charge in [0.2, 0.25) is 0 Å². The molecule has 0 spiro atoms. The Morgan fingerprint density at radius 2 is 1.94 bits per heavy atom. The van der Waals surface area contributed by atoms with Gasteiger partial charge in [0.25, 0.3) is 0 Å². The molecule has 0 amide bonds. The summed E-state index contributed by atoms with van der Waals surface area (Å²) in [6.45, 7) is -0.322. The fourth-order valence-electron chi connectivity index (χ4n) is 2.68. The predicted molar refractivity (Wildman–Crippen MR) is 102 cm³/mol. The van der Waals surface area contributed by atoms with Crippen molar-refractivity contribution in [2.75, 3.05) is 20.3 Å². The molecule has 0 aliphatic heterocycles. The van der Waals surface area contributed by atoms with Crippen molar-refractivity contribution < 1.29 is 63.2 Å². The largest absolute Gasteiger partial charge is 1.00 e. The molecule has 0 bridgehead atoms. The SMILES string of the molecule is COc1cc(OCC(O)COc2cccc3oc(C(=O)[O-])cc(=O)c23)ccc1C#N.[Na+]. The van der Waals surface area contributed by atoms with E-state index in [9.17, 15) is 19.8 Å². The smallest absolute Gasteiger partial charge is 0.542 e. The minimum atomic E-state index is -1.60. The maximum Gasteiger partial charge on any atom is 1.00 e. The van der Waals surface area contributed by atoms with Crippen molar-refractivity contribution in [3.63, 3.8) is 0 Å². The summed E-state index contributed by atoms with van der Waals surface area (Å²) in [5.74, 6) is -1.32. The van der Waals surface area contributed by atoms with E-state index in [1.807, 2.05) is 6.07 Å². The molecule has 10 heteroatoms. The van der Waals surface area contributed by atoms with Crippen molar-refractivity contribution in [2.24, 2.45) is 0 Å². The summed E-state index contributed by atoms with van der Waals surface area (Å²) in [7, 11) is 1.43. The summed E-state index contributed by atoms with van der Waals surface area (Å²) < 4.78 is 21.2. The van der Waals surface area contributed by atoms with E-state index in [1.54, 1.807) is 6.07 Å². The normalized spacial score (nSPS) is 11.1. The van der Waals surface area contributed by atoms with Crippen molar-refractivity contribution in [3.8, 4) is 23.3 Å². The Balaban J connectivity index is 0.00000341. The van der Waals surface area contributed by atoms with Crippen molar-refractivity contribution in [2.45, 2.75) is 6.10 Å². The Hall–Kier alpha value is -3.03. The number of aromatic carboxylic acids is 1. The summed E-state index contributed by atoms with van der Waals surface area (Å²) >= 11 is 0. The first-order valence-electron chi connectivity index (χ1n) is 8.73. The van der Waals surface area contributed by atoms with Gasteiger partial charge in [-0.25, -0.2) is 0 Å². The average molecular weight is 433 g/mol. The third kappa shape index (κ3) is 5.77. The molecule has 2 aromatic carbocycles. The van der Waals surface area contributed by atoms with E-state index in [-0.39, 0.29) is 59.5 Å². The number of nitrogens with zero attached hydrogens (tertiary/aromatic N) is 1. The minimum Gasteiger partial charge on any atom is -0.542 e. The van der Waals surface area contributed by atoms with Gasteiger partial charge in [-0.3, -0.25) is 4.79 Å². The van der Waals surface area contributed by atoms with Gasteiger partial charge in [0.05, 0.1) is 12.7 Å². The number of benzene rings is 2. The number of carbonyl (C=O) groups excluding carboxylic acids is 1. The van der Waals surface area contributed by atoms with Crippen LogP contribution in [0, 0.1) is 11.3 Å². The van der Waals surface area contributed by atoms with Crippen LogP contribution >= 0.6 is 0 Å². The molecule has 1 heterocycles. The van der Waals surface area contributed by atoms with Crippen LogP contribution in [0.3, 0.4) is 0 Å². The van der Waals surface area contributed by atoms with Crippen LogP contribution in [0.4, 0.5) is 0 Å².